The number of nitrogens with zero attached hydrogens (tertiary/aromatic N) is 2. The van der Waals surface area contributed by atoms with Crippen LogP contribution in [-0.4, -0.2) is 35.8 Å². The lowest BCUT2D eigenvalue weighted by Gasteiger charge is -2.22. The first-order valence-electron chi connectivity index (χ1n) is 9.93. The Bertz CT molecular complexity index is 1200. The fourth-order valence-electron chi connectivity index (χ4n) is 3.46. The quantitative estimate of drug-likeness (QED) is 0.420. The van der Waals surface area contributed by atoms with E-state index >= 15 is 0 Å². The average molecular weight is 426 g/mol. The van der Waals surface area contributed by atoms with Crippen molar-refractivity contribution in [1.82, 2.24) is 9.38 Å². The number of thiazole rings is 1. The Morgan fingerprint density at radius 3 is 2.47 bits per heavy atom. The summed E-state index contributed by atoms with van der Waals surface area (Å²) >= 11 is 1.65. The Balaban J connectivity index is 1.94. The molecule has 2 heterocycles. The molecule has 0 atom stereocenters. The molecular formula is C23H27N3O3S. The van der Waals surface area contributed by atoms with Crippen LogP contribution in [0.25, 0.3) is 26.4 Å². The zero-order valence-corrected chi connectivity index (χ0v) is 19.0. The minimum Gasteiger partial charge on any atom is -0.494 e. The van der Waals surface area contributed by atoms with Crippen molar-refractivity contribution in [2.75, 3.05) is 26.1 Å². The van der Waals surface area contributed by atoms with Crippen LogP contribution in [0.5, 0.6) is 17.2 Å². The molecule has 2 aromatic carbocycles. The van der Waals surface area contributed by atoms with E-state index in [1.807, 2.05) is 31.2 Å². The van der Waals surface area contributed by atoms with Crippen molar-refractivity contribution in [1.29, 1.82) is 0 Å². The summed E-state index contributed by atoms with van der Waals surface area (Å²) in [7, 11) is 3.28. The first-order valence-corrected chi connectivity index (χ1v) is 10.7. The van der Waals surface area contributed by atoms with Crippen molar-refractivity contribution < 1.29 is 14.2 Å². The van der Waals surface area contributed by atoms with Crippen LogP contribution in [0.1, 0.15) is 27.7 Å². The summed E-state index contributed by atoms with van der Waals surface area (Å²) in [4.78, 5) is 5.92. The van der Waals surface area contributed by atoms with Crippen LogP contribution in [0.4, 0.5) is 5.82 Å². The lowest BCUT2D eigenvalue weighted by atomic mass is 10.1. The van der Waals surface area contributed by atoms with E-state index in [9.17, 15) is 0 Å². The Morgan fingerprint density at radius 2 is 1.80 bits per heavy atom. The van der Waals surface area contributed by atoms with Crippen LogP contribution in [0, 0.1) is 0 Å². The van der Waals surface area contributed by atoms with E-state index in [2.05, 4.69) is 42.6 Å². The average Bonchev–Trinajstić information content (AvgIpc) is 3.22. The van der Waals surface area contributed by atoms with Gasteiger partial charge in [-0.15, -0.1) is 0 Å². The molecule has 0 fully saturated rings. The number of hydrogen-bond donors (Lipinski definition) is 1. The molecule has 0 saturated carbocycles. The third-order valence-corrected chi connectivity index (χ3v) is 5.68. The number of nitrogens with one attached hydrogen (secondary N) is 1. The second kappa shape index (κ2) is 7.72. The van der Waals surface area contributed by atoms with E-state index in [-0.39, 0.29) is 5.54 Å². The highest BCUT2D eigenvalue weighted by atomic mass is 32.1. The molecule has 158 valence electrons. The van der Waals surface area contributed by atoms with E-state index in [0.717, 1.165) is 38.0 Å². The normalized spacial score (nSPS) is 11.8. The molecule has 0 radical (unpaired) electrons. The second-order valence-electron chi connectivity index (χ2n) is 8.04. The molecule has 4 aromatic rings. The highest BCUT2D eigenvalue weighted by molar-refractivity contribution is 7.23. The van der Waals surface area contributed by atoms with Crippen LogP contribution in [0.15, 0.2) is 36.4 Å². The Labute approximate surface area is 180 Å². The number of rotatable bonds is 6. The van der Waals surface area contributed by atoms with Gasteiger partial charge in [-0.3, -0.25) is 4.40 Å². The van der Waals surface area contributed by atoms with Gasteiger partial charge in [-0.25, -0.2) is 4.98 Å². The number of aromatic nitrogens is 2. The molecule has 4 rings (SSSR count). The molecule has 0 saturated heterocycles. The molecule has 7 heteroatoms. The fraction of sp³-hybridized carbons (Fsp3) is 0.348. The number of methoxy groups -OCH3 is 2. The van der Waals surface area contributed by atoms with Gasteiger partial charge < -0.3 is 19.5 Å². The maximum atomic E-state index is 5.67. The third kappa shape index (κ3) is 3.65. The summed E-state index contributed by atoms with van der Waals surface area (Å²) in [6, 6.07) is 12.1. The zero-order valence-electron chi connectivity index (χ0n) is 18.2. The fourth-order valence-corrected chi connectivity index (χ4v) is 4.52. The number of anilines is 1. The van der Waals surface area contributed by atoms with Gasteiger partial charge in [0.15, 0.2) is 16.5 Å². The van der Waals surface area contributed by atoms with E-state index in [1.165, 1.54) is 0 Å². The first kappa shape index (κ1) is 20.3. The van der Waals surface area contributed by atoms with E-state index < -0.39 is 0 Å². The van der Waals surface area contributed by atoms with Crippen molar-refractivity contribution in [3.63, 3.8) is 0 Å². The Morgan fingerprint density at radius 1 is 1.03 bits per heavy atom. The summed E-state index contributed by atoms with van der Waals surface area (Å²) in [6.07, 6.45) is 0. The van der Waals surface area contributed by atoms with Gasteiger partial charge in [-0.2, -0.15) is 0 Å². The number of fused-ring (bicyclic) bond motifs is 3. The Hall–Kier alpha value is -2.93. The molecule has 2 aromatic heterocycles. The van der Waals surface area contributed by atoms with Gasteiger partial charge >= 0.3 is 0 Å². The minimum absolute atomic E-state index is 0.138. The minimum atomic E-state index is -0.138. The lowest BCUT2D eigenvalue weighted by Crippen LogP contribution is -2.27. The molecular weight excluding hydrogens is 398 g/mol. The van der Waals surface area contributed by atoms with Crippen LogP contribution < -0.4 is 19.5 Å². The largest absolute Gasteiger partial charge is 0.494 e. The molecule has 0 aliphatic carbocycles. The van der Waals surface area contributed by atoms with Crippen LogP contribution in [0.3, 0.4) is 0 Å². The van der Waals surface area contributed by atoms with E-state index in [4.69, 9.17) is 19.2 Å². The van der Waals surface area contributed by atoms with Gasteiger partial charge in [0, 0.05) is 11.1 Å². The highest BCUT2D eigenvalue weighted by Gasteiger charge is 2.23. The van der Waals surface area contributed by atoms with Gasteiger partial charge in [0.05, 0.1) is 31.0 Å². The van der Waals surface area contributed by atoms with Crippen molar-refractivity contribution in [3.05, 3.63) is 36.4 Å². The zero-order chi connectivity index (χ0) is 21.5. The molecule has 0 amide bonds. The maximum Gasteiger partial charge on any atom is 0.197 e. The van der Waals surface area contributed by atoms with Crippen molar-refractivity contribution in [2.24, 2.45) is 0 Å². The summed E-state index contributed by atoms with van der Waals surface area (Å²) in [5.74, 6) is 3.21. The highest BCUT2D eigenvalue weighted by Crippen LogP contribution is 2.40. The number of benzene rings is 2. The lowest BCUT2D eigenvalue weighted by molar-refractivity contribution is 0.341. The number of imidazole rings is 1. The summed E-state index contributed by atoms with van der Waals surface area (Å²) in [6.45, 7) is 9.08. The predicted molar refractivity (Wildman–Crippen MR) is 124 cm³/mol. The molecule has 6 nitrogen and oxygen atoms in total. The van der Waals surface area contributed by atoms with Crippen LogP contribution in [0.2, 0.25) is 0 Å². The SMILES string of the molecule is CCOc1ccc2c(c1)sc1nc(-c3ccc(OC)c(OC)c3)c(NC(C)(C)C)n12. The van der Waals surface area contributed by atoms with Crippen molar-refractivity contribution >= 4 is 32.3 Å². The third-order valence-electron chi connectivity index (χ3n) is 4.68. The van der Waals surface area contributed by atoms with Gasteiger partial charge in [0.1, 0.15) is 17.3 Å². The summed E-state index contributed by atoms with van der Waals surface area (Å²) in [5.41, 5.74) is 2.81. The van der Waals surface area contributed by atoms with E-state index in [0.29, 0.717) is 18.1 Å². The van der Waals surface area contributed by atoms with Crippen LogP contribution >= 0.6 is 11.3 Å². The maximum absolute atomic E-state index is 5.67. The molecule has 0 aliphatic rings. The van der Waals surface area contributed by atoms with Gasteiger partial charge in [-0.05, 0) is 64.1 Å². The standard InChI is InChI=1S/C23H27N3O3S/c1-7-29-15-9-10-16-19(13-15)30-22-24-20(21(26(16)22)25-23(2,3)4)14-8-11-17(27-5)18(12-14)28-6/h8-13,25H,7H2,1-6H3. The molecule has 0 bridgehead atoms. The molecule has 0 spiro atoms. The summed E-state index contributed by atoms with van der Waals surface area (Å²) < 4.78 is 19.9. The Kier molecular flexibility index (Phi) is 5.24. The monoisotopic (exact) mass is 425 g/mol. The molecule has 1 N–H and O–H groups in total. The number of hydrogen-bond acceptors (Lipinski definition) is 6. The van der Waals surface area contributed by atoms with Crippen molar-refractivity contribution in [3.8, 4) is 28.5 Å². The first-order chi connectivity index (χ1) is 14.3. The topological polar surface area (TPSA) is 57.0 Å². The van der Waals surface area contributed by atoms with Gasteiger partial charge in [-0.1, -0.05) is 11.3 Å². The molecule has 0 aliphatic heterocycles. The van der Waals surface area contributed by atoms with E-state index in [1.54, 1.807) is 25.6 Å². The predicted octanol–water partition coefficient (Wildman–Crippen LogP) is 5.84. The van der Waals surface area contributed by atoms with Gasteiger partial charge in [0.25, 0.3) is 0 Å². The second-order valence-corrected chi connectivity index (χ2v) is 9.05. The number of ether oxygens (including phenoxy) is 3. The van der Waals surface area contributed by atoms with Crippen molar-refractivity contribution in [2.45, 2.75) is 33.2 Å². The molecule has 30 heavy (non-hydrogen) atoms. The molecule has 0 unspecified atom stereocenters. The smallest absolute Gasteiger partial charge is 0.197 e. The van der Waals surface area contributed by atoms with Crippen LogP contribution in [-0.2, 0) is 0 Å². The summed E-state index contributed by atoms with van der Waals surface area (Å²) in [5, 5.41) is 3.66. The van der Waals surface area contributed by atoms with Gasteiger partial charge in [0.2, 0.25) is 0 Å².